The van der Waals surface area contributed by atoms with Crippen molar-refractivity contribution in [3.05, 3.63) is 226 Å². The molecule has 2 N–H and O–H groups in total. The van der Waals surface area contributed by atoms with Gasteiger partial charge in [0.15, 0.2) is 0 Å². The van der Waals surface area contributed by atoms with E-state index in [2.05, 4.69) is 168 Å². The first-order chi connectivity index (χ1) is 23.8. The van der Waals surface area contributed by atoms with E-state index in [1.165, 1.54) is 0 Å². The van der Waals surface area contributed by atoms with Crippen molar-refractivity contribution in [3.8, 4) is 0 Å². The van der Waals surface area contributed by atoms with Crippen LogP contribution >= 0.6 is 0 Å². The molecule has 5 heterocycles. The third kappa shape index (κ3) is 4.88. The molecule has 8 bridgehead atoms. The number of H-pyrrole nitrogens is 2. The number of benzene rings is 4. The van der Waals surface area contributed by atoms with Gasteiger partial charge in [-0.1, -0.05) is 121 Å². The first kappa shape index (κ1) is 27.8. The maximum atomic E-state index is 5.33. The van der Waals surface area contributed by atoms with Gasteiger partial charge in [-0.2, -0.15) is 0 Å². The van der Waals surface area contributed by atoms with Crippen molar-refractivity contribution in [2.24, 2.45) is 9.98 Å². The molecule has 0 atom stereocenters. The lowest BCUT2D eigenvalue weighted by molar-refractivity contribution is 1.24. The smallest absolute Gasteiger partial charge is 0.0738 e. The van der Waals surface area contributed by atoms with Gasteiger partial charge < -0.3 is 9.97 Å². The van der Waals surface area contributed by atoms with Crippen molar-refractivity contribution < 1.29 is 0 Å². The van der Waals surface area contributed by atoms with E-state index in [0.29, 0.717) is 0 Å². The summed E-state index contributed by atoms with van der Waals surface area (Å²) in [6.07, 6.45) is 10.6. The number of aromatic amines is 2. The lowest BCUT2D eigenvalue weighted by Gasteiger charge is -2.11. The molecule has 226 valence electrons. The van der Waals surface area contributed by atoms with Gasteiger partial charge >= 0.3 is 0 Å². The molecule has 4 heteroatoms. The molecular weight excluding hydrogens is 585 g/mol. The van der Waals surface area contributed by atoms with Gasteiger partial charge in [0.1, 0.15) is 0 Å². The molecule has 0 unspecified atom stereocenters. The Balaban J connectivity index is 1.42. The molecule has 3 aliphatic heterocycles. The molecule has 0 radical (unpaired) electrons. The number of allylic oxidation sites excluding steroid dienone is 5. The highest BCUT2D eigenvalue weighted by Gasteiger charge is 2.24. The number of rotatable bonds is 4. The van der Waals surface area contributed by atoms with Crippen LogP contribution < -0.4 is 10.7 Å². The molecular formula is C44H30N4. The summed E-state index contributed by atoms with van der Waals surface area (Å²) >= 11 is 0. The predicted molar refractivity (Wildman–Crippen MR) is 197 cm³/mol. The maximum Gasteiger partial charge on any atom is 0.0738 e. The second-order valence-electron chi connectivity index (χ2n) is 12.0. The summed E-state index contributed by atoms with van der Waals surface area (Å²) in [5.41, 5.74) is 14.2. The molecule has 9 rings (SSSR count). The van der Waals surface area contributed by atoms with Gasteiger partial charge in [0.25, 0.3) is 0 Å². The van der Waals surface area contributed by atoms with Crippen LogP contribution in [0.15, 0.2) is 191 Å². The van der Waals surface area contributed by atoms with Gasteiger partial charge in [-0.05, 0) is 64.8 Å². The monoisotopic (exact) mass is 614 g/mol. The molecule has 0 aliphatic carbocycles. The van der Waals surface area contributed by atoms with E-state index < -0.39 is 0 Å². The number of aromatic nitrogens is 2. The van der Waals surface area contributed by atoms with Gasteiger partial charge in [-0.15, -0.1) is 0 Å². The third-order valence-corrected chi connectivity index (χ3v) is 9.02. The maximum absolute atomic E-state index is 5.33. The topological polar surface area (TPSA) is 56.3 Å². The van der Waals surface area contributed by atoms with E-state index in [1.54, 1.807) is 0 Å². The molecule has 4 aromatic carbocycles. The number of hydrogen-bond donors (Lipinski definition) is 2. The summed E-state index contributed by atoms with van der Waals surface area (Å²) < 4.78 is 0. The Labute approximate surface area is 278 Å². The van der Waals surface area contributed by atoms with Crippen LogP contribution in [0.2, 0.25) is 0 Å². The third-order valence-electron chi connectivity index (χ3n) is 9.02. The van der Waals surface area contributed by atoms with Crippen LogP contribution in [0.5, 0.6) is 0 Å². The summed E-state index contributed by atoms with van der Waals surface area (Å²) in [7, 11) is 0. The molecule has 4 nitrogen and oxygen atoms in total. The van der Waals surface area contributed by atoms with E-state index >= 15 is 0 Å². The molecule has 6 aromatic rings. The van der Waals surface area contributed by atoms with Crippen molar-refractivity contribution in [2.45, 2.75) is 0 Å². The number of nitrogens with zero attached hydrogens (tertiary/aromatic N) is 2. The SMILES string of the molecule is C1=CC2=C(c3ccccc3)c3cc(c[nH]3)C(c3ccccc3)=c3ccc([nH]3)=C(c3ccccc3)C3=NC(=C(c4ccccc4)C1=N2)C=C3. The average Bonchev–Trinajstić information content (AvgIpc) is 3.98. The van der Waals surface area contributed by atoms with Crippen LogP contribution in [0.25, 0.3) is 22.3 Å². The summed E-state index contributed by atoms with van der Waals surface area (Å²) in [6, 6.07) is 48.6. The van der Waals surface area contributed by atoms with Crippen LogP contribution in [-0.4, -0.2) is 21.4 Å². The van der Waals surface area contributed by atoms with Crippen molar-refractivity contribution >= 4 is 33.7 Å². The largest absolute Gasteiger partial charge is 0.360 e. The van der Waals surface area contributed by atoms with Crippen molar-refractivity contribution in [1.29, 1.82) is 0 Å². The molecule has 48 heavy (non-hydrogen) atoms. The summed E-state index contributed by atoms with van der Waals surface area (Å²) in [6.45, 7) is 0. The molecule has 0 saturated carbocycles. The minimum atomic E-state index is 0.883. The molecule has 0 spiro atoms. The normalized spacial score (nSPS) is 15.3. The Kier molecular flexibility index (Phi) is 6.76. The number of fused-ring (bicyclic) bond motifs is 6. The molecule has 3 aliphatic rings. The van der Waals surface area contributed by atoms with E-state index in [1.807, 2.05) is 12.1 Å². The van der Waals surface area contributed by atoms with Crippen LogP contribution in [0, 0.1) is 0 Å². The van der Waals surface area contributed by atoms with Gasteiger partial charge in [-0.25, -0.2) is 9.98 Å². The first-order valence-corrected chi connectivity index (χ1v) is 16.2. The fourth-order valence-corrected chi connectivity index (χ4v) is 6.86. The standard InChI is InChI=1S/C44H30N4/c1-5-13-29(14-6-1)41-33-27-40(45-28-33)44(32-19-11-4-12-20-32)39-26-25-38(48-39)43(31-17-9-3-10-18-31)37-24-23-36(47-37)42(30-15-7-2-8-16-30)35-22-21-34(41)46-35/h1-28,45-46H. The van der Waals surface area contributed by atoms with Crippen molar-refractivity contribution in [1.82, 2.24) is 9.97 Å². The summed E-state index contributed by atoms with van der Waals surface area (Å²) in [5, 5.41) is 2.03. The number of nitrogens with one attached hydrogen (secondary N) is 2. The highest BCUT2D eigenvalue weighted by atomic mass is 14.8. The van der Waals surface area contributed by atoms with Crippen LogP contribution in [-0.2, 0) is 0 Å². The van der Waals surface area contributed by atoms with Crippen LogP contribution in [0.3, 0.4) is 0 Å². The van der Waals surface area contributed by atoms with Crippen LogP contribution in [0.4, 0.5) is 0 Å². The Morgan fingerprint density at radius 1 is 0.375 bits per heavy atom. The van der Waals surface area contributed by atoms with E-state index in [9.17, 15) is 0 Å². The fourth-order valence-electron chi connectivity index (χ4n) is 6.86. The Bertz CT molecular complexity index is 2500. The lowest BCUT2D eigenvalue weighted by Crippen LogP contribution is -2.19. The van der Waals surface area contributed by atoms with Gasteiger partial charge in [0.05, 0.1) is 22.8 Å². The molecule has 0 fully saturated rings. The van der Waals surface area contributed by atoms with Gasteiger partial charge in [0, 0.05) is 50.4 Å². The zero-order chi connectivity index (χ0) is 31.9. The molecule has 0 saturated heterocycles. The van der Waals surface area contributed by atoms with Crippen molar-refractivity contribution in [3.63, 3.8) is 0 Å². The minimum Gasteiger partial charge on any atom is -0.360 e. The summed E-state index contributed by atoms with van der Waals surface area (Å²) in [5.74, 6) is 0. The zero-order valence-corrected chi connectivity index (χ0v) is 26.1. The predicted octanol–water partition coefficient (Wildman–Crippen LogP) is 8.00. The second kappa shape index (κ2) is 11.7. The van der Waals surface area contributed by atoms with E-state index in [0.717, 1.165) is 89.3 Å². The number of hydrogen-bond acceptors (Lipinski definition) is 2. The minimum absolute atomic E-state index is 0.883. The van der Waals surface area contributed by atoms with E-state index in [-0.39, 0.29) is 0 Å². The Morgan fingerprint density at radius 2 is 0.812 bits per heavy atom. The Morgan fingerprint density at radius 3 is 1.38 bits per heavy atom. The quantitative estimate of drug-likeness (QED) is 0.202. The van der Waals surface area contributed by atoms with Crippen molar-refractivity contribution in [2.75, 3.05) is 0 Å². The summed E-state index contributed by atoms with van der Waals surface area (Å²) in [4.78, 5) is 18.1. The van der Waals surface area contributed by atoms with E-state index in [4.69, 9.17) is 9.98 Å². The lowest BCUT2D eigenvalue weighted by atomic mass is 9.97. The van der Waals surface area contributed by atoms with Gasteiger partial charge in [0.2, 0.25) is 0 Å². The average molecular weight is 615 g/mol. The highest BCUT2D eigenvalue weighted by Crippen LogP contribution is 2.36. The highest BCUT2D eigenvalue weighted by molar-refractivity contribution is 6.35. The molecule has 2 aromatic heterocycles. The first-order valence-electron chi connectivity index (χ1n) is 16.2. The fraction of sp³-hybridized carbons (Fsp3) is 0. The second-order valence-corrected chi connectivity index (χ2v) is 12.0. The van der Waals surface area contributed by atoms with Crippen LogP contribution in [0.1, 0.15) is 33.5 Å². The van der Waals surface area contributed by atoms with Gasteiger partial charge in [-0.3, -0.25) is 0 Å². The Hall–Kier alpha value is -6.52. The molecule has 0 amide bonds. The zero-order valence-electron chi connectivity index (χ0n) is 26.1. The number of aliphatic imine (C=N–C) groups is 2.